The van der Waals surface area contributed by atoms with Gasteiger partial charge >= 0.3 is 5.97 Å². The second kappa shape index (κ2) is 7.80. The monoisotopic (exact) mass is 505 g/mol. The first-order valence-corrected chi connectivity index (χ1v) is 13.0. The van der Waals surface area contributed by atoms with Crippen LogP contribution < -0.4 is 4.90 Å². The molecule has 2 aliphatic heterocycles. The zero-order valence-corrected chi connectivity index (χ0v) is 21.0. The molecule has 1 unspecified atom stereocenters. The first-order chi connectivity index (χ1) is 18.1. The van der Waals surface area contributed by atoms with Crippen molar-refractivity contribution in [2.24, 2.45) is 5.92 Å². The molecule has 1 saturated carbocycles. The molecule has 7 rings (SSSR count). The van der Waals surface area contributed by atoms with E-state index in [4.69, 9.17) is 16.3 Å². The highest BCUT2D eigenvalue weighted by molar-refractivity contribution is 6.31. The van der Waals surface area contributed by atoms with E-state index in [-0.39, 0.29) is 24.5 Å². The maximum Gasteiger partial charge on any atom is 0.311 e. The Bertz CT molecular complexity index is 1570. The lowest BCUT2D eigenvalue weighted by atomic mass is 9.69. The van der Waals surface area contributed by atoms with Crippen molar-refractivity contribution in [1.29, 1.82) is 0 Å². The number of nitrogens with zero attached hydrogens (tertiary/aromatic N) is 1. The molecule has 4 aromatic rings. The fourth-order valence-electron chi connectivity index (χ4n) is 7.41. The van der Waals surface area contributed by atoms with Gasteiger partial charge in [-0.05, 0) is 53.4 Å². The second-order valence-corrected chi connectivity index (χ2v) is 10.4. The Balaban J connectivity index is 1.68. The van der Waals surface area contributed by atoms with E-state index in [0.717, 1.165) is 27.9 Å². The van der Waals surface area contributed by atoms with Gasteiger partial charge < -0.3 is 4.74 Å². The zero-order chi connectivity index (χ0) is 25.4. The molecular formula is C32H24ClNO3. The first kappa shape index (κ1) is 22.3. The van der Waals surface area contributed by atoms with E-state index in [9.17, 15) is 9.59 Å². The van der Waals surface area contributed by atoms with Crippen LogP contribution in [0.1, 0.15) is 45.6 Å². The average Bonchev–Trinajstić information content (AvgIpc) is 3.50. The van der Waals surface area contributed by atoms with Gasteiger partial charge in [-0.1, -0.05) is 90.5 Å². The highest BCUT2D eigenvalue weighted by Crippen LogP contribution is 2.82. The van der Waals surface area contributed by atoms with Crippen molar-refractivity contribution in [3.05, 3.63) is 136 Å². The number of carbonyl (C=O) groups excluding carboxylic acids is 2. The van der Waals surface area contributed by atoms with Crippen LogP contribution in [0.15, 0.2) is 103 Å². The third-order valence-corrected chi connectivity index (χ3v) is 8.73. The molecule has 3 aliphatic rings. The van der Waals surface area contributed by atoms with Gasteiger partial charge in [0.25, 0.3) is 5.91 Å². The van der Waals surface area contributed by atoms with Crippen LogP contribution in [0.5, 0.6) is 0 Å². The normalized spacial score (nSPS) is 26.5. The van der Waals surface area contributed by atoms with E-state index in [2.05, 4.69) is 24.3 Å². The number of carbonyl (C=O) groups is 2. The van der Waals surface area contributed by atoms with Crippen molar-refractivity contribution >= 4 is 29.2 Å². The largest absolute Gasteiger partial charge is 0.466 e. The fraction of sp³-hybridized carbons (Fsp3) is 0.188. The minimum Gasteiger partial charge on any atom is -0.466 e. The van der Waals surface area contributed by atoms with Crippen LogP contribution >= 0.6 is 11.6 Å². The van der Waals surface area contributed by atoms with E-state index in [1.807, 2.05) is 90.7 Å². The second-order valence-electron chi connectivity index (χ2n) is 9.92. The predicted molar refractivity (Wildman–Crippen MR) is 143 cm³/mol. The highest BCUT2D eigenvalue weighted by Gasteiger charge is 2.88. The molecule has 4 aromatic carbocycles. The van der Waals surface area contributed by atoms with Crippen LogP contribution in [0.4, 0.5) is 5.69 Å². The van der Waals surface area contributed by atoms with Gasteiger partial charge in [0.1, 0.15) is 0 Å². The number of halogens is 1. The maximum absolute atomic E-state index is 14.0. The van der Waals surface area contributed by atoms with Gasteiger partial charge in [-0.15, -0.1) is 0 Å². The summed E-state index contributed by atoms with van der Waals surface area (Å²) in [7, 11) is 0. The molecule has 0 bridgehead atoms. The van der Waals surface area contributed by atoms with Crippen LogP contribution in [0.25, 0.3) is 0 Å². The molecule has 5 heteroatoms. The van der Waals surface area contributed by atoms with Crippen LogP contribution in [0.3, 0.4) is 0 Å². The summed E-state index contributed by atoms with van der Waals surface area (Å²) in [4.78, 5) is 30.0. The molecule has 0 aromatic heterocycles. The van der Waals surface area contributed by atoms with Gasteiger partial charge in [0.2, 0.25) is 0 Å². The smallest absolute Gasteiger partial charge is 0.311 e. The lowest BCUT2D eigenvalue weighted by Crippen LogP contribution is -2.44. The van der Waals surface area contributed by atoms with Gasteiger partial charge in [-0.3, -0.25) is 14.5 Å². The molecule has 0 saturated heterocycles. The molecule has 4 nitrogen and oxygen atoms in total. The Morgan fingerprint density at radius 3 is 2.24 bits per heavy atom. The van der Waals surface area contributed by atoms with Crippen molar-refractivity contribution < 1.29 is 14.3 Å². The third kappa shape index (κ3) is 2.59. The summed E-state index contributed by atoms with van der Waals surface area (Å²) >= 11 is 6.64. The van der Waals surface area contributed by atoms with Gasteiger partial charge in [0, 0.05) is 27.1 Å². The number of hydrogen-bond acceptors (Lipinski definition) is 3. The molecule has 1 amide bonds. The molecule has 0 radical (unpaired) electrons. The van der Waals surface area contributed by atoms with E-state index in [1.165, 1.54) is 0 Å². The number of hydrogen-bond donors (Lipinski definition) is 0. The van der Waals surface area contributed by atoms with Crippen LogP contribution in [0.2, 0.25) is 5.02 Å². The maximum atomic E-state index is 14.0. The lowest BCUT2D eigenvalue weighted by molar-refractivity contribution is -0.145. The summed E-state index contributed by atoms with van der Waals surface area (Å²) in [6.45, 7) is 2.11. The minimum absolute atomic E-state index is 0.0596. The summed E-state index contributed by atoms with van der Waals surface area (Å²) in [5.74, 6) is -0.883. The average molecular weight is 506 g/mol. The molecule has 4 atom stereocenters. The molecule has 182 valence electrons. The number of ether oxygens (including phenoxy) is 1. The Hall–Kier alpha value is -3.89. The van der Waals surface area contributed by atoms with Crippen molar-refractivity contribution in [1.82, 2.24) is 0 Å². The topological polar surface area (TPSA) is 46.6 Å². The van der Waals surface area contributed by atoms with Crippen LogP contribution in [-0.4, -0.2) is 18.5 Å². The zero-order valence-electron chi connectivity index (χ0n) is 20.2. The predicted octanol–water partition coefficient (Wildman–Crippen LogP) is 6.47. The quantitative estimate of drug-likeness (QED) is 0.298. The Labute approximate surface area is 220 Å². The standard InChI is InChI=1S/C32H24ClNO3/c1-2-37-30(36)27-31(20-11-5-3-6-12-20)25-19-22(33)17-18-26(25)34-28(23-15-9-10-16-24(23)29(34)35)32(27,31)21-13-7-4-8-14-21/h3-19,27-28H,2H2,1H3/t27-,28?,31-,32+/m1/s1. The number of esters is 1. The molecule has 1 aliphatic carbocycles. The summed E-state index contributed by atoms with van der Waals surface area (Å²) in [6, 6.07) is 33.4. The number of amides is 1. The molecule has 2 heterocycles. The van der Waals surface area contributed by atoms with Crippen molar-refractivity contribution in [3.63, 3.8) is 0 Å². The Kier molecular flexibility index (Phi) is 4.71. The lowest BCUT2D eigenvalue weighted by Gasteiger charge is -2.43. The van der Waals surface area contributed by atoms with Crippen LogP contribution in [-0.2, 0) is 20.4 Å². The molecular weight excluding hydrogens is 482 g/mol. The van der Waals surface area contributed by atoms with E-state index < -0.39 is 16.7 Å². The van der Waals surface area contributed by atoms with Gasteiger partial charge in [0.05, 0.1) is 18.6 Å². The number of rotatable bonds is 4. The highest BCUT2D eigenvalue weighted by atomic mass is 35.5. The van der Waals surface area contributed by atoms with Crippen molar-refractivity contribution in [2.75, 3.05) is 11.5 Å². The van der Waals surface area contributed by atoms with Gasteiger partial charge in [-0.2, -0.15) is 0 Å². The number of anilines is 1. The molecule has 37 heavy (non-hydrogen) atoms. The summed E-state index contributed by atoms with van der Waals surface area (Å²) in [5.41, 5.74) is 3.72. The summed E-state index contributed by atoms with van der Waals surface area (Å²) < 4.78 is 5.78. The molecule has 0 spiro atoms. The summed E-state index contributed by atoms with van der Waals surface area (Å²) in [5, 5.41) is 0.563. The van der Waals surface area contributed by atoms with E-state index in [1.54, 1.807) is 0 Å². The van der Waals surface area contributed by atoms with Gasteiger partial charge in [0.15, 0.2) is 0 Å². The third-order valence-electron chi connectivity index (χ3n) is 8.50. The van der Waals surface area contributed by atoms with Crippen molar-refractivity contribution in [3.8, 4) is 0 Å². The van der Waals surface area contributed by atoms with E-state index in [0.29, 0.717) is 10.6 Å². The first-order valence-electron chi connectivity index (χ1n) is 12.6. The summed E-state index contributed by atoms with van der Waals surface area (Å²) in [6.07, 6.45) is 0. The van der Waals surface area contributed by atoms with Crippen molar-refractivity contribution in [2.45, 2.75) is 23.8 Å². The molecule has 1 fully saturated rings. The Morgan fingerprint density at radius 1 is 0.892 bits per heavy atom. The fourth-order valence-corrected chi connectivity index (χ4v) is 7.59. The van der Waals surface area contributed by atoms with Crippen LogP contribution in [0, 0.1) is 5.92 Å². The van der Waals surface area contributed by atoms with E-state index >= 15 is 0 Å². The Morgan fingerprint density at radius 2 is 1.54 bits per heavy atom. The van der Waals surface area contributed by atoms with Gasteiger partial charge in [-0.25, -0.2) is 0 Å². The number of benzene rings is 4. The molecule has 0 N–H and O–H groups in total. The minimum atomic E-state index is -0.790. The SMILES string of the molecule is CCOC(=O)[C@@H]1[C@@]2(c3ccccc3)c3cc(Cl)ccc3N3C(=O)c4ccccc4C3[C@]12c1ccccc1. The number of fused-ring (bicyclic) bond motifs is 8.